The van der Waals surface area contributed by atoms with E-state index in [1.807, 2.05) is 13.0 Å². The van der Waals surface area contributed by atoms with E-state index in [2.05, 4.69) is 18.3 Å². The number of aryl methyl sites for hydroxylation is 1. The molecule has 154 valence electrons. The largest absolute Gasteiger partial charge is 0.508 e. The highest BCUT2D eigenvalue weighted by atomic mass is 16.6. The predicted octanol–water partition coefficient (Wildman–Crippen LogP) is 4.88. The molecule has 8 nitrogen and oxygen atoms in total. The van der Waals surface area contributed by atoms with Crippen LogP contribution in [0.15, 0.2) is 42.5 Å². The number of phenols is 1. The molecule has 0 saturated heterocycles. The van der Waals surface area contributed by atoms with Crippen molar-refractivity contribution >= 4 is 16.9 Å². The van der Waals surface area contributed by atoms with Crippen LogP contribution >= 0.6 is 0 Å². The smallest absolute Gasteiger partial charge is 0.276 e. The van der Waals surface area contributed by atoms with E-state index in [0.29, 0.717) is 18.5 Å². The first-order valence-electron chi connectivity index (χ1n) is 9.44. The van der Waals surface area contributed by atoms with Crippen molar-refractivity contribution < 1.29 is 15.0 Å². The molecule has 0 aliphatic carbocycles. The Labute approximate surface area is 169 Å². The Hall–Kier alpha value is -3.26. The van der Waals surface area contributed by atoms with Crippen LogP contribution in [-0.4, -0.2) is 21.5 Å². The number of benzene rings is 2. The lowest BCUT2D eigenvalue weighted by Crippen LogP contribution is -2.15. The van der Waals surface area contributed by atoms with Gasteiger partial charge in [0.1, 0.15) is 5.75 Å². The summed E-state index contributed by atoms with van der Waals surface area (Å²) in [6.45, 7) is 4.95. The quantitative estimate of drug-likeness (QED) is 0.334. The van der Waals surface area contributed by atoms with E-state index in [0.717, 1.165) is 35.6 Å². The summed E-state index contributed by atoms with van der Waals surface area (Å²) < 4.78 is 0. The number of nitro groups is 2. The Morgan fingerprint density at radius 2 is 1.76 bits per heavy atom. The number of nitro benzene ring substituents is 2. The van der Waals surface area contributed by atoms with Gasteiger partial charge in [-0.15, -0.1) is 0 Å². The van der Waals surface area contributed by atoms with Crippen LogP contribution in [0.25, 0.3) is 5.57 Å². The zero-order chi connectivity index (χ0) is 21.4. The molecule has 0 unspecified atom stereocenters. The Kier molecular flexibility index (Phi) is 7.85. The van der Waals surface area contributed by atoms with Gasteiger partial charge in [0.25, 0.3) is 11.4 Å². The van der Waals surface area contributed by atoms with Gasteiger partial charge in [-0.3, -0.25) is 20.2 Å². The molecule has 29 heavy (non-hydrogen) atoms. The monoisotopic (exact) mass is 399 g/mol. The molecule has 0 aliphatic rings. The molecule has 0 fully saturated rings. The summed E-state index contributed by atoms with van der Waals surface area (Å²) in [5.41, 5.74) is 3.06. The Morgan fingerprint density at radius 1 is 1.10 bits per heavy atom. The lowest BCUT2D eigenvalue weighted by Gasteiger charge is -2.13. The SMILES string of the molecule is CCC/C=C(/CCNCc1cc([N+](=O)[O-])cc([N+](=O)[O-])c1)c1cc(O)ccc1C. The van der Waals surface area contributed by atoms with Gasteiger partial charge >= 0.3 is 0 Å². The zero-order valence-corrected chi connectivity index (χ0v) is 16.6. The van der Waals surface area contributed by atoms with Crippen molar-refractivity contribution in [3.63, 3.8) is 0 Å². The van der Waals surface area contributed by atoms with Crippen LogP contribution in [0.1, 0.15) is 42.9 Å². The molecule has 0 radical (unpaired) electrons. The van der Waals surface area contributed by atoms with Gasteiger partial charge in [-0.25, -0.2) is 0 Å². The third kappa shape index (κ3) is 6.39. The standard InChI is InChI=1S/C21H25N3O5/c1-3-4-5-17(21-13-20(25)7-6-15(21)2)8-9-22-14-16-10-18(23(26)27)12-19(11-16)24(28)29/h5-7,10-13,22,25H,3-4,8-9,14H2,1-2H3/b17-5-. The Bertz CT molecular complexity index is 892. The first kappa shape index (κ1) is 22.0. The second-order valence-electron chi connectivity index (χ2n) is 6.82. The second-order valence-corrected chi connectivity index (χ2v) is 6.82. The van der Waals surface area contributed by atoms with E-state index in [-0.39, 0.29) is 23.7 Å². The normalized spacial score (nSPS) is 11.4. The number of allylic oxidation sites excluding steroid dienone is 1. The minimum Gasteiger partial charge on any atom is -0.508 e. The van der Waals surface area contributed by atoms with Gasteiger partial charge in [-0.1, -0.05) is 25.5 Å². The van der Waals surface area contributed by atoms with Crippen LogP contribution in [0.3, 0.4) is 0 Å². The highest BCUT2D eigenvalue weighted by molar-refractivity contribution is 5.69. The second kappa shape index (κ2) is 10.3. The number of nitrogens with zero attached hydrogens (tertiary/aromatic N) is 2. The van der Waals surface area contributed by atoms with Crippen molar-refractivity contribution in [1.82, 2.24) is 5.32 Å². The molecule has 2 N–H and O–H groups in total. The highest BCUT2D eigenvalue weighted by Crippen LogP contribution is 2.27. The lowest BCUT2D eigenvalue weighted by molar-refractivity contribution is -0.394. The van der Waals surface area contributed by atoms with Crippen LogP contribution in [0, 0.1) is 27.2 Å². The average molecular weight is 399 g/mol. The van der Waals surface area contributed by atoms with Gasteiger partial charge in [0, 0.05) is 18.7 Å². The highest BCUT2D eigenvalue weighted by Gasteiger charge is 2.16. The van der Waals surface area contributed by atoms with Crippen molar-refractivity contribution in [1.29, 1.82) is 0 Å². The van der Waals surface area contributed by atoms with Gasteiger partial charge in [0.2, 0.25) is 0 Å². The molecular weight excluding hydrogens is 374 g/mol. The molecule has 0 amide bonds. The maximum atomic E-state index is 11.0. The number of aromatic hydroxyl groups is 1. The fourth-order valence-corrected chi connectivity index (χ4v) is 3.05. The average Bonchev–Trinajstić information content (AvgIpc) is 2.69. The van der Waals surface area contributed by atoms with E-state index >= 15 is 0 Å². The van der Waals surface area contributed by atoms with Crippen LogP contribution in [0.4, 0.5) is 11.4 Å². The summed E-state index contributed by atoms with van der Waals surface area (Å²) >= 11 is 0. The van der Waals surface area contributed by atoms with Gasteiger partial charge in [0.05, 0.1) is 15.9 Å². The molecule has 0 spiro atoms. The number of nitrogens with one attached hydrogen (secondary N) is 1. The fraction of sp³-hybridized carbons (Fsp3) is 0.333. The number of rotatable bonds is 10. The molecule has 2 aromatic rings. The first-order chi connectivity index (χ1) is 13.8. The first-order valence-corrected chi connectivity index (χ1v) is 9.44. The molecule has 0 atom stereocenters. The minimum absolute atomic E-state index is 0.213. The maximum absolute atomic E-state index is 11.0. The third-order valence-corrected chi connectivity index (χ3v) is 4.53. The summed E-state index contributed by atoms with van der Waals surface area (Å²) in [7, 11) is 0. The Morgan fingerprint density at radius 3 is 2.34 bits per heavy atom. The summed E-state index contributed by atoms with van der Waals surface area (Å²) in [6, 6.07) is 8.92. The summed E-state index contributed by atoms with van der Waals surface area (Å²) in [5.74, 6) is 0.213. The minimum atomic E-state index is -0.632. The maximum Gasteiger partial charge on any atom is 0.276 e. The molecule has 0 bridgehead atoms. The number of hydrogen-bond acceptors (Lipinski definition) is 6. The number of hydrogen-bond donors (Lipinski definition) is 2. The van der Waals surface area contributed by atoms with E-state index < -0.39 is 9.85 Å². The van der Waals surface area contributed by atoms with Crippen LogP contribution in [-0.2, 0) is 6.54 Å². The Balaban J connectivity index is 2.08. The van der Waals surface area contributed by atoms with Crippen molar-refractivity contribution in [3.05, 3.63) is 79.4 Å². The number of non-ortho nitro benzene ring substituents is 2. The van der Waals surface area contributed by atoms with E-state index in [1.54, 1.807) is 12.1 Å². The predicted molar refractivity (Wildman–Crippen MR) is 112 cm³/mol. The fourth-order valence-electron chi connectivity index (χ4n) is 3.05. The molecule has 2 rings (SSSR count). The van der Waals surface area contributed by atoms with Gasteiger partial charge in [0.15, 0.2) is 0 Å². The van der Waals surface area contributed by atoms with E-state index in [9.17, 15) is 25.3 Å². The molecule has 0 saturated carbocycles. The molecule has 2 aromatic carbocycles. The lowest BCUT2D eigenvalue weighted by atomic mass is 9.96. The van der Waals surface area contributed by atoms with Crippen LogP contribution < -0.4 is 5.32 Å². The topological polar surface area (TPSA) is 119 Å². The van der Waals surface area contributed by atoms with Gasteiger partial charge < -0.3 is 10.4 Å². The molecule has 0 aromatic heterocycles. The molecule has 0 aliphatic heterocycles. The molecule has 8 heteroatoms. The van der Waals surface area contributed by atoms with Crippen LogP contribution in [0.5, 0.6) is 5.75 Å². The van der Waals surface area contributed by atoms with Crippen molar-refractivity contribution in [2.45, 2.75) is 39.7 Å². The van der Waals surface area contributed by atoms with Gasteiger partial charge in [-0.2, -0.15) is 0 Å². The van der Waals surface area contributed by atoms with Crippen molar-refractivity contribution in [2.75, 3.05) is 6.54 Å². The molecular formula is C21H25N3O5. The third-order valence-electron chi connectivity index (χ3n) is 4.53. The van der Waals surface area contributed by atoms with Crippen LogP contribution in [0.2, 0.25) is 0 Å². The summed E-state index contributed by atoms with van der Waals surface area (Å²) in [6.07, 6.45) is 4.77. The summed E-state index contributed by atoms with van der Waals surface area (Å²) in [4.78, 5) is 20.7. The van der Waals surface area contributed by atoms with Crippen molar-refractivity contribution in [2.24, 2.45) is 0 Å². The van der Waals surface area contributed by atoms with E-state index in [1.165, 1.54) is 12.1 Å². The molecule has 0 heterocycles. The number of unbranched alkanes of at least 4 members (excludes halogenated alkanes) is 1. The summed E-state index contributed by atoms with van der Waals surface area (Å²) in [5, 5.41) is 35.0. The van der Waals surface area contributed by atoms with Crippen molar-refractivity contribution in [3.8, 4) is 5.75 Å². The van der Waals surface area contributed by atoms with Gasteiger partial charge in [-0.05, 0) is 60.7 Å². The van der Waals surface area contributed by atoms with E-state index in [4.69, 9.17) is 0 Å². The number of phenolic OH excluding ortho intramolecular Hbond substituents is 1. The zero-order valence-electron chi connectivity index (χ0n) is 16.6.